The molecule has 1 aromatic rings. The normalized spacial score (nSPS) is 19.7. The molecule has 1 aliphatic heterocycles. The van der Waals surface area contributed by atoms with E-state index >= 15 is 0 Å². The van der Waals surface area contributed by atoms with Crippen molar-refractivity contribution in [3.05, 3.63) is 29.3 Å². The van der Waals surface area contributed by atoms with Gasteiger partial charge in [0.15, 0.2) is 0 Å². The molecule has 1 aromatic carbocycles. The van der Waals surface area contributed by atoms with Crippen molar-refractivity contribution in [2.75, 3.05) is 0 Å². The molecule has 0 N–H and O–H groups in total. The molecule has 1 atom stereocenters. The van der Waals surface area contributed by atoms with Crippen molar-refractivity contribution in [2.24, 2.45) is 4.99 Å². The monoisotopic (exact) mass is 159 g/mol. The number of fused-ring (bicyclic) bond motifs is 1. The van der Waals surface area contributed by atoms with Crippen LogP contribution in [0.15, 0.2) is 23.2 Å². The number of nitrogens with zero attached hydrogens (tertiary/aromatic N) is 1. The van der Waals surface area contributed by atoms with E-state index in [1.165, 1.54) is 16.8 Å². The Bertz CT molecular complexity index is 326. The summed E-state index contributed by atoms with van der Waals surface area (Å²) >= 11 is 0. The Morgan fingerprint density at radius 1 is 1.42 bits per heavy atom. The number of hydrogen-bond donors (Lipinski definition) is 0. The molecule has 0 aromatic heterocycles. The Kier molecular flexibility index (Phi) is 1.72. The lowest BCUT2D eigenvalue weighted by atomic mass is 9.97. The molecule has 12 heavy (non-hydrogen) atoms. The zero-order valence-electron chi connectivity index (χ0n) is 7.54. The summed E-state index contributed by atoms with van der Waals surface area (Å²) in [6.45, 7) is 4.32. The van der Waals surface area contributed by atoms with E-state index < -0.39 is 0 Å². The van der Waals surface area contributed by atoms with Crippen molar-refractivity contribution in [1.29, 1.82) is 0 Å². The standard InChI is InChI=1S/C11H13N/c1-3-9-7-12-11-8(2)5-4-6-10(9)11/h4-7,9H,3H2,1-2H3. The number of rotatable bonds is 1. The summed E-state index contributed by atoms with van der Waals surface area (Å²) in [5.41, 5.74) is 3.89. The second kappa shape index (κ2) is 2.74. The Morgan fingerprint density at radius 2 is 2.25 bits per heavy atom. The SMILES string of the molecule is CCC1C=Nc2c(C)cccc21. The first-order valence-corrected chi connectivity index (χ1v) is 4.46. The van der Waals surface area contributed by atoms with Gasteiger partial charge in [0.25, 0.3) is 0 Å². The summed E-state index contributed by atoms with van der Waals surface area (Å²) in [6.07, 6.45) is 3.22. The fourth-order valence-electron chi connectivity index (χ4n) is 1.73. The Hall–Kier alpha value is -1.11. The van der Waals surface area contributed by atoms with E-state index in [0.29, 0.717) is 5.92 Å². The first kappa shape index (κ1) is 7.53. The second-order valence-electron chi connectivity index (χ2n) is 3.31. The maximum absolute atomic E-state index is 4.43. The maximum atomic E-state index is 4.43. The van der Waals surface area contributed by atoms with Gasteiger partial charge in [-0.25, -0.2) is 0 Å². The molecule has 0 saturated heterocycles. The van der Waals surface area contributed by atoms with Crippen LogP contribution < -0.4 is 0 Å². The molecule has 0 amide bonds. The highest BCUT2D eigenvalue weighted by Crippen LogP contribution is 2.35. The summed E-state index contributed by atoms with van der Waals surface area (Å²) in [7, 11) is 0. The van der Waals surface area contributed by atoms with Crippen LogP contribution in [0.5, 0.6) is 0 Å². The van der Waals surface area contributed by atoms with Crippen LogP contribution in [0.1, 0.15) is 30.4 Å². The van der Waals surface area contributed by atoms with Crippen molar-refractivity contribution in [1.82, 2.24) is 0 Å². The summed E-state index contributed by atoms with van der Waals surface area (Å²) < 4.78 is 0. The molecule has 1 aliphatic rings. The lowest BCUT2D eigenvalue weighted by Crippen LogP contribution is -1.92. The Labute approximate surface area is 73.1 Å². The van der Waals surface area contributed by atoms with Crippen molar-refractivity contribution in [3.8, 4) is 0 Å². The lowest BCUT2D eigenvalue weighted by Gasteiger charge is -2.06. The number of aryl methyl sites for hydroxylation is 1. The minimum Gasteiger partial charge on any atom is -0.260 e. The third-order valence-electron chi connectivity index (χ3n) is 2.49. The maximum Gasteiger partial charge on any atom is 0.0693 e. The van der Waals surface area contributed by atoms with E-state index in [4.69, 9.17) is 0 Å². The van der Waals surface area contributed by atoms with Crippen LogP contribution in [-0.4, -0.2) is 6.21 Å². The fraction of sp³-hybridized carbons (Fsp3) is 0.364. The molecular formula is C11H13N. The molecule has 0 spiro atoms. The Morgan fingerprint density at radius 3 is 3.00 bits per heavy atom. The van der Waals surface area contributed by atoms with Crippen molar-refractivity contribution in [2.45, 2.75) is 26.2 Å². The summed E-state index contributed by atoms with van der Waals surface area (Å²) in [4.78, 5) is 4.43. The molecule has 0 aliphatic carbocycles. The van der Waals surface area contributed by atoms with Gasteiger partial charge in [-0.2, -0.15) is 0 Å². The van der Waals surface area contributed by atoms with Gasteiger partial charge in [0.05, 0.1) is 5.69 Å². The van der Waals surface area contributed by atoms with Crippen LogP contribution in [-0.2, 0) is 0 Å². The number of benzene rings is 1. The van der Waals surface area contributed by atoms with Gasteiger partial charge in [-0.3, -0.25) is 4.99 Å². The van der Waals surface area contributed by atoms with E-state index in [1.54, 1.807) is 0 Å². The van der Waals surface area contributed by atoms with E-state index in [-0.39, 0.29) is 0 Å². The highest BCUT2D eigenvalue weighted by atomic mass is 14.8. The highest BCUT2D eigenvalue weighted by molar-refractivity contribution is 5.81. The molecule has 1 nitrogen and oxygen atoms in total. The van der Waals surface area contributed by atoms with Gasteiger partial charge in [-0.05, 0) is 24.5 Å². The molecule has 1 unspecified atom stereocenters. The zero-order valence-corrected chi connectivity index (χ0v) is 7.54. The minimum atomic E-state index is 0.555. The van der Waals surface area contributed by atoms with Gasteiger partial charge in [0.1, 0.15) is 0 Å². The molecular weight excluding hydrogens is 146 g/mol. The third kappa shape index (κ3) is 0.970. The first-order valence-electron chi connectivity index (χ1n) is 4.46. The molecule has 0 fully saturated rings. The van der Waals surface area contributed by atoms with Crippen LogP contribution in [0.2, 0.25) is 0 Å². The van der Waals surface area contributed by atoms with Gasteiger partial charge in [0.2, 0.25) is 0 Å². The molecule has 1 heterocycles. The van der Waals surface area contributed by atoms with Gasteiger partial charge >= 0.3 is 0 Å². The van der Waals surface area contributed by atoms with Gasteiger partial charge in [-0.1, -0.05) is 25.1 Å². The minimum absolute atomic E-state index is 0.555. The molecule has 0 radical (unpaired) electrons. The van der Waals surface area contributed by atoms with E-state index in [2.05, 4.69) is 43.3 Å². The largest absolute Gasteiger partial charge is 0.260 e. The van der Waals surface area contributed by atoms with E-state index in [0.717, 1.165) is 6.42 Å². The molecule has 0 saturated carbocycles. The van der Waals surface area contributed by atoms with E-state index in [1.807, 2.05) is 0 Å². The average molecular weight is 159 g/mol. The summed E-state index contributed by atoms with van der Waals surface area (Å²) in [6, 6.07) is 6.42. The molecule has 1 heteroatoms. The predicted octanol–water partition coefficient (Wildman–Crippen LogP) is 3.20. The first-order chi connectivity index (χ1) is 5.83. The van der Waals surface area contributed by atoms with Crippen LogP contribution >= 0.6 is 0 Å². The smallest absolute Gasteiger partial charge is 0.0693 e. The quantitative estimate of drug-likeness (QED) is 0.596. The van der Waals surface area contributed by atoms with E-state index in [9.17, 15) is 0 Å². The van der Waals surface area contributed by atoms with Crippen molar-refractivity contribution < 1.29 is 0 Å². The fourth-order valence-corrected chi connectivity index (χ4v) is 1.73. The number of aliphatic imine (C=N–C) groups is 1. The molecule has 62 valence electrons. The highest BCUT2D eigenvalue weighted by Gasteiger charge is 2.17. The summed E-state index contributed by atoms with van der Waals surface area (Å²) in [5, 5.41) is 0. The third-order valence-corrected chi connectivity index (χ3v) is 2.49. The Balaban J connectivity index is 2.52. The van der Waals surface area contributed by atoms with Gasteiger partial charge < -0.3 is 0 Å². The predicted molar refractivity (Wildman–Crippen MR) is 52.4 cm³/mol. The number of hydrogen-bond acceptors (Lipinski definition) is 1. The van der Waals surface area contributed by atoms with Crippen LogP contribution in [0.3, 0.4) is 0 Å². The zero-order chi connectivity index (χ0) is 8.55. The molecule has 2 rings (SSSR count). The van der Waals surface area contributed by atoms with Gasteiger partial charge in [0, 0.05) is 12.1 Å². The topological polar surface area (TPSA) is 12.4 Å². The average Bonchev–Trinajstić information content (AvgIpc) is 2.49. The van der Waals surface area contributed by atoms with Crippen molar-refractivity contribution in [3.63, 3.8) is 0 Å². The van der Waals surface area contributed by atoms with Crippen LogP contribution in [0, 0.1) is 6.92 Å². The van der Waals surface area contributed by atoms with Crippen LogP contribution in [0.25, 0.3) is 0 Å². The van der Waals surface area contributed by atoms with Gasteiger partial charge in [-0.15, -0.1) is 0 Å². The van der Waals surface area contributed by atoms with Crippen molar-refractivity contribution >= 4 is 11.9 Å². The summed E-state index contributed by atoms with van der Waals surface area (Å²) in [5.74, 6) is 0.555. The second-order valence-corrected chi connectivity index (χ2v) is 3.31. The lowest BCUT2D eigenvalue weighted by molar-refractivity contribution is 0.875. The van der Waals surface area contributed by atoms with Crippen LogP contribution in [0.4, 0.5) is 5.69 Å². The number of para-hydroxylation sites is 1. The molecule has 0 bridgehead atoms.